The van der Waals surface area contributed by atoms with Gasteiger partial charge in [-0.25, -0.2) is 0 Å². The van der Waals surface area contributed by atoms with Crippen LogP contribution in [0.4, 0.5) is 11.4 Å². The molecular formula is C25H35N3O2. The Labute approximate surface area is 181 Å². The van der Waals surface area contributed by atoms with Crippen molar-refractivity contribution < 1.29 is 9.59 Å². The molecule has 0 aliphatic heterocycles. The molecule has 162 valence electrons. The highest BCUT2D eigenvalue weighted by atomic mass is 16.2. The van der Waals surface area contributed by atoms with Gasteiger partial charge >= 0.3 is 0 Å². The fraction of sp³-hybridized carbons (Fsp3) is 0.440. The second-order valence-electron chi connectivity index (χ2n) is 8.44. The molecule has 0 unspecified atom stereocenters. The molecule has 1 N–H and O–H groups in total. The number of rotatable bonds is 8. The summed E-state index contributed by atoms with van der Waals surface area (Å²) in [6, 6.07) is 13.7. The minimum Gasteiger partial charge on any atom is -0.377 e. The molecule has 0 heterocycles. The molecule has 0 aliphatic rings. The zero-order valence-electron chi connectivity index (χ0n) is 19.3. The maximum atomic E-state index is 13.4. The summed E-state index contributed by atoms with van der Waals surface area (Å²) in [5.74, 6) is -0.0935. The van der Waals surface area contributed by atoms with Crippen molar-refractivity contribution >= 4 is 23.2 Å². The van der Waals surface area contributed by atoms with Crippen LogP contribution in [0.25, 0.3) is 0 Å². The molecule has 0 fully saturated rings. The Bertz CT molecular complexity index is 890. The number of benzene rings is 2. The first-order valence-electron chi connectivity index (χ1n) is 10.6. The van der Waals surface area contributed by atoms with Gasteiger partial charge in [0.25, 0.3) is 5.91 Å². The Kier molecular flexibility index (Phi) is 8.04. The molecule has 2 aromatic rings. The van der Waals surface area contributed by atoms with Crippen molar-refractivity contribution in [3.63, 3.8) is 0 Å². The number of hydrogen-bond acceptors (Lipinski definition) is 3. The molecule has 0 radical (unpaired) electrons. The number of amides is 2. The lowest BCUT2D eigenvalue weighted by atomic mass is 10.1. The van der Waals surface area contributed by atoms with E-state index in [4.69, 9.17) is 0 Å². The van der Waals surface area contributed by atoms with Crippen LogP contribution in [0, 0.1) is 12.8 Å². The summed E-state index contributed by atoms with van der Waals surface area (Å²) in [6.45, 7) is 10.4. The first-order chi connectivity index (χ1) is 14.1. The fourth-order valence-corrected chi connectivity index (χ4v) is 3.29. The van der Waals surface area contributed by atoms with E-state index < -0.39 is 0 Å². The topological polar surface area (TPSA) is 52.7 Å². The lowest BCUT2D eigenvalue weighted by Gasteiger charge is -2.31. The number of nitrogens with zero attached hydrogens (tertiary/aromatic N) is 2. The molecule has 5 heteroatoms. The molecule has 0 aliphatic carbocycles. The molecule has 2 rings (SSSR count). The Morgan fingerprint density at radius 2 is 1.73 bits per heavy atom. The van der Waals surface area contributed by atoms with Crippen molar-refractivity contribution in [3.8, 4) is 0 Å². The summed E-state index contributed by atoms with van der Waals surface area (Å²) in [6.07, 6.45) is 0.860. The summed E-state index contributed by atoms with van der Waals surface area (Å²) in [5.41, 5.74) is 4.55. The quantitative estimate of drug-likeness (QED) is 0.660. The maximum absolute atomic E-state index is 13.4. The zero-order chi connectivity index (χ0) is 22.4. The van der Waals surface area contributed by atoms with Crippen LogP contribution in [0.5, 0.6) is 0 Å². The zero-order valence-corrected chi connectivity index (χ0v) is 19.3. The molecule has 0 bridgehead atoms. The van der Waals surface area contributed by atoms with E-state index in [9.17, 15) is 9.59 Å². The summed E-state index contributed by atoms with van der Waals surface area (Å²) >= 11 is 0. The van der Waals surface area contributed by atoms with Crippen molar-refractivity contribution in [2.24, 2.45) is 5.92 Å². The monoisotopic (exact) mass is 409 g/mol. The Hall–Kier alpha value is -2.82. The second kappa shape index (κ2) is 10.3. The minimum atomic E-state index is -0.0958. The Morgan fingerprint density at radius 3 is 2.30 bits per heavy atom. The van der Waals surface area contributed by atoms with Gasteiger partial charge in [-0.2, -0.15) is 0 Å². The lowest BCUT2D eigenvalue weighted by molar-refractivity contribution is -0.118. The van der Waals surface area contributed by atoms with Crippen LogP contribution in [-0.4, -0.2) is 36.9 Å². The molecule has 0 saturated carbocycles. The van der Waals surface area contributed by atoms with E-state index in [0.717, 1.165) is 28.9 Å². The molecule has 0 aromatic heterocycles. The lowest BCUT2D eigenvalue weighted by Crippen LogP contribution is -2.38. The maximum Gasteiger partial charge on any atom is 0.254 e. The molecule has 2 amide bonds. The predicted molar refractivity (Wildman–Crippen MR) is 125 cm³/mol. The number of carbonyl (C=O) groups is 2. The van der Waals surface area contributed by atoms with E-state index in [0.29, 0.717) is 12.1 Å². The van der Waals surface area contributed by atoms with E-state index in [1.807, 2.05) is 87.1 Å². The number of carbonyl (C=O) groups excluding carboxylic acids is 2. The van der Waals surface area contributed by atoms with Crippen molar-refractivity contribution in [1.29, 1.82) is 0 Å². The van der Waals surface area contributed by atoms with Gasteiger partial charge in [0.15, 0.2) is 0 Å². The number of anilines is 2. The van der Waals surface area contributed by atoms with Gasteiger partial charge in [-0.1, -0.05) is 38.5 Å². The molecule has 30 heavy (non-hydrogen) atoms. The van der Waals surface area contributed by atoms with Gasteiger partial charge in [0.1, 0.15) is 0 Å². The summed E-state index contributed by atoms with van der Waals surface area (Å²) < 4.78 is 0. The molecular weight excluding hydrogens is 374 g/mol. The predicted octanol–water partition coefficient (Wildman–Crippen LogP) is 5.10. The average Bonchev–Trinajstić information content (AvgIpc) is 2.70. The standard InChI is InChI=1S/C25H35N3O2/c1-8-19(5)28(25(30)20-11-9-10-18(4)14-20)16-21-15-22(26-24(29)17(2)3)12-13-23(21)27(6)7/h9-15,17,19H,8,16H2,1-7H3,(H,26,29)/t19-/m0/s1. The van der Waals surface area contributed by atoms with Crippen LogP contribution < -0.4 is 10.2 Å². The third kappa shape index (κ3) is 5.85. The highest BCUT2D eigenvalue weighted by Crippen LogP contribution is 2.27. The van der Waals surface area contributed by atoms with Crippen LogP contribution in [-0.2, 0) is 11.3 Å². The van der Waals surface area contributed by atoms with Gasteiger partial charge < -0.3 is 15.1 Å². The fourth-order valence-electron chi connectivity index (χ4n) is 3.29. The van der Waals surface area contributed by atoms with Gasteiger partial charge in [0.2, 0.25) is 5.91 Å². The normalized spacial score (nSPS) is 11.9. The smallest absolute Gasteiger partial charge is 0.254 e. The van der Waals surface area contributed by atoms with Crippen molar-refractivity contribution in [1.82, 2.24) is 4.90 Å². The van der Waals surface area contributed by atoms with E-state index in [1.165, 1.54) is 0 Å². The summed E-state index contributed by atoms with van der Waals surface area (Å²) in [5, 5.41) is 2.97. The van der Waals surface area contributed by atoms with Crippen LogP contribution in [0.2, 0.25) is 0 Å². The molecule has 2 aromatic carbocycles. The van der Waals surface area contributed by atoms with E-state index in [-0.39, 0.29) is 23.8 Å². The van der Waals surface area contributed by atoms with Crippen LogP contribution in [0.1, 0.15) is 55.6 Å². The highest BCUT2D eigenvalue weighted by Gasteiger charge is 2.23. The van der Waals surface area contributed by atoms with Crippen molar-refractivity contribution in [2.45, 2.75) is 53.6 Å². The highest BCUT2D eigenvalue weighted by molar-refractivity contribution is 5.95. The van der Waals surface area contributed by atoms with Crippen molar-refractivity contribution in [2.75, 3.05) is 24.3 Å². The third-order valence-corrected chi connectivity index (χ3v) is 5.34. The van der Waals surface area contributed by atoms with Crippen molar-refractivity contribution in [3.05, 3.63) is 59.2 Å². The van der Waals surface area contributed by atoms with Gasteiger partial charge in [0, 0.05) is 49.5 Å². The van der Waals surface area contributed by atoms with E-state index >= 15 is 0 Å². The van der Waals surface area contributed by atoms with Gasteiger partial charge in [-0.05, 0) is 56.2 Å². The van der Waals surface area contributed by atoms with Gasteiger partial charge in [-0.3, -0.25) is 9.59 Å². The molecule has 5 nitrogen and oxygen atoms in total. The summed E-state index contributed by atoms with van der Waals surface area (Å²) in [4.78, 5) is 29.5. The molecule has 0 spiro atoms. The van der Waals surface area contributed by atoms with Crippen LogP contribution in [0.15, 0.2) is 42.5 Å². The number of nitrogens with one attached hydrogen (secondary N) is 1. The Morgan fingerprint density at radius 1 is 1.03 bits per heavy atom. The Balaban J connectivity index is 2.42. The first kappa shape index (κ1) is 23.5. The molecule has 0 saturated heterocycles. The minimum absolute atomic E-state index is 0.0202. The van der Waals surface area contributed by atoms with Crippen LogP contribution in [0.3, 0.4) is 0 Å². The summed E-state index contributed by atoms with van der Waals surface area (Å²) in [7, 11) is 3.97. The van der Waals surface area contributed by atoms with Crippen LogP contribution >= 0.6 is 0 Å². The van der Waals surface area contributed by atoms with Gasteiger partial charge in [0.05, 0.1) is 0 Å². The number of aryl methyl sites for hydroxylation is 1. The second-order valence-corrected chi connectivity index (χ2v) is 8.44. The SMILES string of the molecule is CC[C@H](C)N(Cc1cc(NC(=O)C(C)C)ccc1N(C)C)C(=O)c1cccc(C)c1. The average molecular weight is 410 g/mol. The third-order valence-electron chi connectivity index (χ3n) is 5.34. The largest absolute Gasteiger partial charge is 0.377 e. The van der Waals surface area contributed by atoms with E-state index in [1.54, 1.807) is 0 Å². The number of hydrogen-bond donors (Lipinski definition) is 1. The van der Waals surface area contributed by atoms with Gasteiger partial charge in [-0.15, -0.1) is 0 Å². The molecule has 1 atom stereocenters. The first-order valence-corrected chi connectivity index (χ1v) is 10.6. The van der Waals surface area contributed by atoms with E-state index in [2.05, 4.69) is 19.2 Å².